The largest absolute Gasteiger partial charge is 0.493 e. The number of carbonyl (C=O) groups is 4. The first kappa shape index (κ1) is 41.8. The van der Waals surface area contributed by atoms with E-state index in [-0.39, 0.29) is 37.0 Å². The maximum Gasteiger partial charge on any atom is 0.422 e. The molecule has 0 aliphatic heterocycles. The van der Waals surface area contributed by atoms with E-state index >= 15 is 0 Å². The number of hydrogen-bond donors (Lipinski definition) is 5. The second-order valence-corrected chi connectivity index (χ2v) is 13.0. The fraction of sp³-hybridized carbons (Fsp3) is 0.324. The van der Waals surface area contributed by atoms with Crippen LogP contribution in [0.1, 0.15) is 40.7 Å². The fourth-order valence-corrected chi connectivity index (χ4v) is 5.53. The maximum atomic E-state index is 13.1. The first-order valence-corrected chi connectivity index (χ1v) is 17.6. The summed E-state index contributed by atoms with van der Waals surface area (Å²) >= 11 is 6.03. The van der Waals surface area contributed by atoms with Crippen molar-refractivity contribution in [2.24, 2.45) is 0 Å². The van der Waals surface area contributed by atoms with Crippen molar-refractivity contribution >= 4 is 52.9 Å². The number of nitrogens with zero attached hydrogens (tertiary/aromatic N) is 3. The molecule has 4 aromatic rings. The van der Waals surface area contributed by atoms with Gasteiger partial charge in [0.2, 0.25) is 11.9 Å². The number of hydrogen-bond acceptors (Lipinski definition) is 13. The molecule has 3 amide bonds. The third kappa shape index (κ3) is 11.8. The summed E-state index contributed by atoms with van der Waals surface area (Å²) in [6, 6.07) is 16.1. The van der Waals surface area contributed by atoms with Gasteiger partial charge in [0, 0.05) is 29.4 Å². The number of halogens is 4. The predicted molar refractivity (Wildman–Crippen MR) is 199 cm³/mol. The van der Waals surface area contributed by atoms with Crippen LogP contribution in [0.5, 0.6) is 17.5 Å². The molecule has 20 heteroatoms. The summed E-state index contributed by atoms with van der Waals surface area (Å²) in [6.45, 7) is -1.76. The van der Waals surface area contributed by atoms with Crippen LogP contribution in [0.2, 0.25) is 5.02 Å². The average Bonchev–Trinajstić information content (AvgIpc) is 3.98. The standard InChI is InChI=1S/C37H38ClF3N8O8/c1-54-27-13-4-21(18-28(27)55-2)19-43-31(52)30(51)42-17-14-26(32(53)56-3)45-29(50)22-5-11-25(12-6-22)44-33-46-34(48-35(47-33)57-20-37(39,40)41)49-36(15-16-36)23-7-9-24(38)10-8-23/h4-13,18,26H,14-17,19-20H2,1-3H3,(H,42,51)(H,43,52)(H,45,50)(H2,44,46,47,48,49)/t26-/m0/s1. The molecule has 1 aromatic heterocycles. The van der Waals surface area contributed by atoms with Gasteiger partial charge in [-0.2, -0.15) is 28.1 Å². The minimum absolute atomic E-state index is 0.0265. The van der Waals surface area contributed by atoms with Gasteiger partial charge in [-0.25, -0.2) is 4.79 Å². The summed E-state index contributed by atoms with van der Waals surface area (Å²) < 4.78 is 59.0. The third-order valence-electron chi connectivity index (χ3n) is 8.50. The Bertz CT molecular complexity index is 2070. The van der Waals surface area contributed by atoms with E-state index in [1.54, 1.807) is 30.3 Å². The highest BCUT2D eigenvalue weighted by Crippen LogP contribution is 2.48. The van der Waals surface area contributed by atoms with Crippen molar-refractivity contribution in [3.05, 3.63) is 88.4 Å². The minimum Gasteiger partial charge on any atom is -0.493 e. The van der Waals surface area contributed by atoms with E-state index in [1.165, 1.54) is 38.5 Å². The van der Waals surface area contributed by atoms with Crippen molar-refractivity contribution in [3.63, 3.8) is 0 Å². The van der Waals surface area contributed by atoms with Crippen molar-refractivity contribution < 1.29 is 51.3 Å². The molecule has 16 nitrogen and oxygen atoms in total. The highest BCUT2D eigenvalue weighted by Gasteiger charge is 2.45. The topological polar surface area (TPSA) is 204 Å². The Labute approximate surface area is 329 Å². The van der Waals surface area contributed by atoms with E-state index in [0.29, 0.717) is 40.6 Å². The van der Waals surface area contributed by atoms with E-state index in [0.717, 1.165) is 12.7 Å². The van der Waals surface area contributed by atoms with Crippen molar-refractivity contribution in [1.29, 1.82) is 0 Å². The zero-order chi connectivity index (χ0) is 41.2. The van der Waals surface area contributed by atoms with Crippen LogP contribution in [-0.4, -0.2) is 85.3 Å². The zero-order valence-corrected chi connectivity index (χ0v) is 31.5. The Morgan fingerprint density at radius 3 is 2.14 bits per heavy atom. The predicted octanol–water partition coefficient (Wildman–Crippen LogP) is 4.42. The van der Waals surface area contributed by atoms with Gasteiger partial charge in [0.1, 0.15) is 6.04 Å². The quantitative estimate of drug-likeness (QED) is 0.0741. The smallest absolute Gasteiger partial charge is 0.422 e. The van der Waals surface area contributed by atoms with Crippen LogP contribution in [0, 0.1) is 0 Å². The number of rotatable bonds is 17. The molecule has 0 spiro atoms. The van der Waals surface area contributed by atoms with Crippen molar-refractivity contribution in [1.82, 2.24) is 30.9 Å². The molecule has 1 aliphatic carbocycles. The van der Waals surface area contributed by atoms with Crippen molar-refractivity contribution in [2.45, 2.75) is 43.6 Å². The van der Waals surface area contributed by atoms with Gasteiger partial charge in [-0.15, -0.1) is 0 Å². The molecule has 0 unspecified atom stereocenters. The number of carbonyl (C=O) groups excluding carboxylic acids is 4. The van der Waals surface area contributed by atoms with Crippen LogP contribution in [0.15, 0.2) is 66.7 Å². The Hall–Kier alpha value is -6.37. The summed E-state index contributed by atoms with van der Waals surface area (Å²) in [5.74, 6) is -2.56. The van der Waals surface area contributed by atoms with Crippen LogP contribution < -0.4 is 40.8 Å². The first-order valence-electron chi connectivity index (χ1n) is 17.2. The Morgan fingerprint density at radius 2 is 1.51 bits per heavy atom. The molecule has 0 radical (unpaired) electrons. The van der Waals surface area contributed by atoms with Gasteiger partial charge in [-0.3, -0.25) is 14.4 Å². The number of esters is 1. The van der Waals surface area contributed by atoms with E-state index in [2.05, 4.69) is 41.5 Å². The highest BCUT2D eigenvalue weighted by molar-refractivity contribution is 6.35. The van der Waals surface area contributed by atoms with Gasteiger partial charge >= 0.3 is 30.0 Å². The van der Waals surface area contributed by atoms with Crippen LogP contribution in [0.25, 0.3) is 0 Å². The van der Waals surface area contributed by atoms with E-state index in [1.807, 2.05) is 12.1 Å². The van der Waals surface area contributed by atoms with Gasteiger partial charge < -0.3 is 45.5 Å². The summed E-state index contributed by atoms with van der Waals surface area (Å²) in [6.07, 6.45) is -3.34. The van der Waals surface area contributed by atoms with E-state index < -0.39 is 54.1 Å². The number of amides is 3. The fourth-order valence-electron chi connectivity index (χ4n) is 5.40. The number of nitrogens with one attached hydrogen (secondary N) is 5. The highest BCUT2D eigenvalue weighted by atomic mass is 35.5. The summed E-state index contributed by atoms with van der Waals surface area (Å²) in [7, 11) is 4.09. The van der Waals surface area contributed by atoms with Gasteiger partial charge in [-0.05, 0) is 78.9 Å². The van der Waals surface area contributed by atoms with Crippen molar-refractivity contribution in [3.8, 4) is 17.5 Å². The monoisotopic (exact) mass is 814 g/mol. The molecule has 3 aromatic carbocycles. The van der Waals surface area contributed by atoms with Crippen LogP contribution in [0.4, 0.5) is 30.8 Å². The van der Waals surface area contributed by atoms with E-state index in [9.17, 15) is 32.3 Å². The second kappa shape index (κ2) is 18.5. The Morgan fingerprint density at radius 1 is 0.842 bits per heavy atom. The molecule has 5 N–H and O–H groups in total. The normalized spacial score (nSPS) is 13.3. The Balaban J connectivity index is 1.17. The van der Waals surface area contributed by atoms with Gasteiger partial charge in [0.25, 0.3) is 5.91 Å². The first-order chi connectivity index (χ1) is 27.2. The third-order valence-corrected chi connectivity index (χ3v) is 8.75. The SMILES string of the molecule is COC(=O)[C@H](CCNC(=O)C(=O)NCc1ccc(OC)c(OC)c1)NC(=O)c1ccc(Nc2nc(NC3(c4ccc(Cl)cc4)CC3)nc(OCC(F)(F)F)n2)cc1. The summed E-state index contributed by atoms with van der Waals surface area (Å²) in [4.78, 5) is 62.7. The zero-order valence-electron chi connectivity index (χ0n) is 30.8. The molecule has 1 heterocycles. The Kier molecular flexibility index (Phi) is 13.6. The number of benzene rings is 3. The molecular formula is C37H38ClF3N8O8. The number of anilines is 3. The van der Waals surface area contributed by atoms with Gasteiger partial charge in [0.05, 0.1) is 26.9 Å². The lowest BCUT2D eigenvalue weighted by Crippen LogP contribution is -2.45. The molecular weight excluding hydrogens is 777 g/mol. The number of methoxy groups -OCH3 is 3. The molecule has 0 bridgehead atoms. The number of aromatic nitrogens is 3. The molecule has 57 heavy (non-hydrogen) atoms. The van der Waals surface area contributed by atoms with E-state index in [4.69, 9.17) is 30.5 Å². The summed E-state index contributed by atoms with van der Waals surface area (Å²) in [5, 5.41) is 14.0. The molecule has 0 saturated heterocycles. The lowest BCUT2D eigenvalue weighted by molar-refractivity contribution is -0.154. The molecule has 1 saturated carbocycles. The molecule has 1 fully saturated rings. The van der Waals surface area contributed by atoms with Gasteiger partial charge in [0.15, 0.2) is 18.1 Å². The molecule has 302 valence electrons. The average molecular weight is 815 g/mol. The molecule has 5 rings (SSSR count). The van der Waals surface area contributed by atoms with Gasteiger partial charge in [-0.1, -0.05) is 29.8 Å². The molecule has 1 atom stereocenters. The van der Waals surface area contributed by atoms with Crippen LogP contribution in [0.3, 0.4) is 0 Å². The number of alkyl halides is 3. The van der Waals surface area contributed by atoms with Crippen molar-refractivity contribution in [2.75, 3.05) is 45.1 Å². The maximum absolute atomic E-state index is 13.1. The lowest BCUT2D eigenvalue weighted by atomic mass is 10.1. The second-order valence-electron chi connectivity index (χ2n) is 12.6. The molecule has 1 aliphatic rings. The minimum atomic E-state index is -4.64. The lowest BCUT2D eigenvalue weighted by Gasteiger charge is -2.19. The van der Waals surface area contributed by atoms with Crippen LogP contribution >= 0.6 is 11.6 Å². The summed E-state index contributed by atoms with van der Waals surface area (Å²) in [5.41, 5.74) is 1.45. The number of ether oxygens (including phenoxy) is 4. The van der Waals surface area contributed by atoms with Crippen LogP contribution in [-0.2, 0) is 31.2 Å².